The Kier molecular flexibility index (Phi) is 5.25. The van der Waals surface area contributed by atoms with Crippen molar-refractivity contribution in [1.29, 1.82) is 0 Å². The molecule has 25 heavy (non-hydrogen) atoms. The molecule has 1 aliphatic carbocycles. The van der Waals surface area contributed by atoms with Gasteiger partial charge in [0, 0.05) is 38.6 Å². The summed E-state index contributed by atoms with van der Waals surface area (Å²) in [6.07, 6.45) is 2.61. The molecule has 2 atom stereocenters. The molecule has 2 amide bonds. The fraction of sp³-hybridized carbons (Fsp3) is 0.889. The van der Waals surface area contributed by atoms with Gasteiger partial charge in [0.15, 0.2) is 0 Å². The number of carbonyl (C=O) groups excluding carboxylic acids is 2. The normalized spacial score (nSPS) is 28.8. The van der Waals surface area contributed by atoms with E-state index in [0.717, 1.165) is 26.1 Å². The van der Waals surface area contributed by atoms with Crippen LogP contribution >= 0.6 is 0 Å². The molecule has 0 bridgehead atoms. The van der Waals surface area contributed by atoms with Crippen LogP contribution in [0.1, 0.15) is 46.5 Å². The lowest BCUT2D eigenvalue weighted by molar-refractivity contribution is -0.135. The van der Waals surface area contributed by atoms with E-state index in [1.165, 1.54) is 17.7 Å². The Hall–Kier alpha value is -1.34. The molecule has 3 rings (SSSR count). The van der Waals surface area contributed by atoms with Crippen LogP contribution in [0.5, 0.6) is 0 Å². The maximum Gasteiger partial charge on any atom is 0.411 e. The van der Waals surface area contributed by atoms with Crippen LogP contribution in [0.2, 0.25) is 0 Å². The lowest BCUT2D eigenvalue weighted by atomic mass is 10.1. The van der Waals surface area contributed by atoms with Gasteiger partial charge in [0.2, 0.25) is 5.91 Å². The van der Waals surface area contributed by atoms with E-state index in [0.29, 0.717) is 19.0 Å². The summed E-state index contributed by atoms with van der Waals surface area (Å²) in [5.41, 5.74) is -0.619. The van der Waals surface area contributed by atoms with Crippen molar-refractivity contribution in [2.24, 2.45) is 0 Å². The highest BCUT2D eigenvalue weighted by molar-refractivity contribution is 5.86. The van der Waals surface area contributed by atoms with Gasteiger partial charge in [0.25, 0.3) is 0 Å². The molecular formula is C18H31N3O4. The van der Waals surface area contributed by atoms with Gasteiger partial charge in [-0.2, -0.15) is 0 Å². The number of aliphatic hydroxyl groups is 1. The van der Waals surface area contributed by atoms with Gasteiger partial charge < -0.3 is 14.7 Å². The van der Waals surface area contributed by atoms with Crippen molar-refractivity contribution in [3.05, 3.63) is 0 Å². The second-order valence-electron chi connectivity index (χ2n) is 8.48. The molecule has 0 aromatic carbocycles. The quantitative estimate of drug-likeness (QED) is 0.803. The van der Waals surface area contributed by atoms with Crippen LogP contribution in [0, 0.1) is 0 Å². The second kappa shape index (κ2) is 7.11. The Bertz CT molecular complexity index is 515. The summed E-state index contributed by atoms with van der Waals surface area (Å²) in [5.74, 6) is -0.0555. The lowest BCUT2D eigenvalue weighted by Crippen LogP contribution is -2.49. The van der Waals surface area contributed by atoms with Gasteiger partial charge in [0.1, 0.15) is 11.6 Å². The molecular weight excluding hydrogens is 322 g/mol. The van der Waals surface area contributed by atoms with Crippen LogP contribution in [-0.4, -0.2) is 88.3 Å². The molecule has 0 radical (unpaired) electrons. The third-order valence-corrected chi connectivity index (χ3v) is 5.10. The highest BCUT2D eigenvalue weighted by Gasteiger charge is 2.43. The number of amides is 2. The van der Waals surface area contributed by atoms with E-state index in [4.69, 9.17) is 4.74 Å². The Morgan fingerprint density at radius 1 is 1.08 bits per heavy atom. The molecule has 0 aromatic rings. The number of hydrogen-bond donors (Lipinski definition) is 1. The van der Waals surface area contributed by atoms with Crippen LogP contribution in [0.25, 0.3) is 0 Å². The van der Waals surface area contributed by atoms with Crippen LogP contribution in [0.4, 0.5) is 4.79 Å². The van der Waals surface area contributed by atoms with Crippen molar-refractivity contribution in [3.8, 4) is 0 Å². The van der Waals surface area contributed by atoms with Gasteiger partial charge in [-0.1, -0.05) is 0 Å². The summed E-state index contributed by atoms with van der Waals surface area (Å²) in [7, 11) is 0. The largest absolute Gasteiger partial charge is 0.444 e. The average molecular weight is 353 g/mol. The predicted molar refractivity (Wildman–Crippen MR) is 93.1 cm³/mol. The van der Waals surface area contributed by atoms with Gasteiger partial charge in [0.05, 0.1) is 12.6 Å². The standard InChI is InChI=1S/C18H31N3O4/c1-18(2,3)25-17(24)21-12-14(22)11-15(21)16(23)20-8-4-7-19(9-10-20)13-5-6-13/h13-15,22H,4-12H2,1-3H3. The minimum absolute atomic E-state index is 0.0555. The summed E-state index contributed by atoms with van der Waals surface area (Å²) >= 11 is 0. The van der Waals surface area contributed by atoms with E-state index in [-0.39, 0.29) is 12.5 Å². The highest BCUT2D eigenvalue weighted by atomic mass is 16.6. The summed E-state index contributed by atoms with van der Waals surface area (Å²) in [6, 6.07) is 0.0962. The fourth-order valence-electron chi connectivity index (χ4n) is 3.74. The van der Waals surface area contributed by atoms with E-state index < -0.39 is 23.8 Å². The molecule has 3 aliphatic rings. The van der Waals surface area contributed by atoms with Crippen LogP contribution in [-0.2, 0) is 9.53 Å². The van der Waals surface area contributed by atoms with E-state index in [2.05, 4.69) is 4.90 Å². The Labute approximate surface area is 149 Å². The first-order chi connectivity index (χ1) is 11.7. The summed E-state index contributed by atoms with van der Waals surface area (Å²) in [6.45, 7) is 8.92. The topological polar surface area (TPSA) is 73.3 Å². The Morgan fingerprint density at radius 2 is 1.80 bits per heavy atom. The van der Waals surface area contributed by atoms with E-state index >= 15 is 0 Å². The number of aliphatic hydroxyl groups excluding tert-OH is 1. The van der Waals surface area contributed by atoms with Crippen LogP contribution in [0.15, 0.2) is 0 Å². The minimum atomic E-state index is -0.670. The van der Waals surface area contributed by atoms with Gasteiger partial charge in [-0.25, -0.2) is 4.79 Å². The molecule has 2 saturated heterocycles. The third kappa shape index (κ3) is 4.64. The SMILES string of the molecule is CC(C)(C)OC(=O)N1CC(O)CC1C(=O)N1CCCN(C2CC2)CC1. The zero-order chi connectivity index (χ0) is 18.2. The van der Waals surface area contributed by atoms with Crippen LogP contribution < -0.4 is 0 Å². The summed E-state index contributed by atoms with van der Waals surface area (Å²) < 4.78 is 5.42. The summed E-state index contributed by atoms with van der Waals surface area (Å²) in [4.78, 5) is 31.2. The molecule has 142 valence electrons. The number of likely N-dealkylation sites (tertiary alicyclic amines) is 1. The van der Waals surface area contributed by atoms with Crippen molar-refractivity contribution in [2.45, 2.75) is 70.2 Å². The fourth-order valence-corrected chi connectivity index (χ4v) is 3.74. The smallest absolute Gasteiger partial charge is 0.411 e. The molecule has 1 saturated carbocycles. The molecule has 2 unspecified atom stereocenters. The maximum absolute atomic E-state index is 13.0. The van der Waals surface area contributed by atoms with Crippen molar-refractivity contribution >= 4 is 12.0 Å². The zero-order valence-electron chi connectivity index (χ0n) is 15.6. The molecule has 1 N–H and O–H groups in total. The van der Waals surface area contributed by atoms with E-state index in [1.807, 2.05) is 4.90 Å². The van der Waals surface area contributed by atoms with Crippen LogP contribution in [0.3, 0.4) is 0 Å². The van der Waals surface area contributed by atoms with Gasteiger partial charge in [-0.05, 0) is 40.0 Å². The first-order valence-corrected chi connectivity index (χ1v) is 9.45. The van der Waals surface area contributed by atoms with Crippen molar-refractivity contribution in [2.75, 3.05) is 32.7 Å². The monoisotopic (exact) mass is 353 g/mol. The zero-order valence-corrected chi connectivity index (χ0v) is 15.6. The Balaban J connectivity index is 1.63. The maximum atomic E-state index is 13.0. The first-order valence-electron chi connectivity index (χ1n) is 9.45. The Morgan fingerprint density at radius 3 is 2.44 bits per heavy atom. The van der Waals surface area contributed by atoms with Gasteiger partial charge >= 0.3 is 6.09 Å². The molecule has 2 aliphatic heterocycles. The molecule has 0 spiro atoms. The molecule has 0 aromatic heterocycles. The molecule has 3 fully saturated rings. The van der Waals surface area contributed by atoms with Gasteiger partial charge in [-0.15, -0.1) is 0 Å². The number of ether oxygens (including phenoxy) is 1. The molecule has 2 heterocycles. The number of hydrogen-bond acceptors (Lipinski definition) is 5. The number of rotatable bonds is 2. The first kappa shape index (κ1) is 18.5. The average Bonchev–Trinajstić information content (AvgIpc) is 3.29. The lowest BCUT2D eigenvalue weighted by Gasteiger charge is -2.31. The van der Waals surface area contributed by atoms with Crippen molar-refractivity contribution < 1.29 is 19.4 Å². The third-order valence-electron chi connectivity index (χ3n) is 5.10. The molecule has 7 nitrogen and oxygen atoms in total. The van der Waals surface area contributed by atoms with E-state index in [1.54, 1.807) is 20.8 Å². The van der Waals surface area contributed by atoms with Gasteiger partial charge in [-0.3, -0.25) is 14.6 Å². The van der Waals surface area contributed by atoms with Crippen molar-refractivity contribution in [1.82, 2.24) is 14.7 Å². The van der Waals surface area contributed by atoms with E-state index in [9.17, 15) is 14.7 Å². The second-order valence-corrected chi connectivity index (χ2v) is 8.48. The predicted octanol–water partition coefficient (Wildman–Crippen LogP) is 1.05. The number of carbonyl (C=O) groups is 2. The number of β-amino-alcohol motifs (C(OH)–C–C–N with tert-alkyl or cyclic N) is 1. The highest BCUT2D eigenvalue weighted by Crippen LogP contribution is 2.28. The minimum Gasteiger partial charge on any atom is -0.444 e. The van der Waals surface area contributed by atoms with Crippen molar-refractivity contribution in [3.63, 3.8) is 0 Å². The summed E-state index contributed by atoms with van der Waals surface area (Å²) in [5, 5.41) is 10.0. The molecule has 7 heteroatoms. The number of nitrogens with zero attached hydrogens (tertiary/aromatic N) is 3.